The number of nitrogens with zero attached hydrogens (tertiary/aromatic N) is 2. The summed E-state index contributed by atoms with van der Waals surface area (Å²) in [7, 11) is 0. The van der Waals surface area contributed by atoms with Gasteiger partial charge in [0.05, 0.1) is 18.3 Å². The Labute approximate surface area is 157 Å². The molecule has 0 saturated heterocycles. The lowest BCUT2D eigenvalue weighted by molar-refractivity contribution is -0.115. The molecule has 4 rings (SSSR count). The standard InChI is InChI=1S/C21H20N4O2/c26-20(12-15-13-22-25(14-15)19-4-2-1-3-5-19)23-17-8-6-16(7-9-17)21(27)24-18-10-11-18/h1-9,13-14,18H,10-12H2,(H,23,26)(H,24,27). The Morgan fingerprint density at radius 1 is 1.04 bits per heavy atom. The van der Waals surface area contributed by atoms with Gasteiger partial charge in [0.25, 0.3) is 5.91 Å². The van der Waals surface area contributed by atoms with Gasteiger partial charge in [0.15, 0.2) is 0 Å². The van der Waals surface area contributed by atoms with Gasteiger partial charge in [0.1, 0.15) is 0 Å². The average molecular weight is 360 g/mol. The zero-order chi connectivity index (χ0) is 18.6. The van der Waals surface area contributed by atoms with Crippen LogP contribution in [-0.2, 0) is 11.2 Å². The highest BCUT2D eigenvalue weighted by Gasteiger charge is 2.23. The van der Waals surface area contributed by atoms with Crippen molar-refractivity contribution in [2.24, 2.45) is 0 Å². The van der Waals surface area contributed by atoms with Crippen molar-refractivity contribution >= 4 is 17.5 Å². The molecule has 1 aromatic heterocycles. The quantitative estimate of drug-likeness (QED) is 0.710. The third kappa shape index (κ3) is 4.41. The molecule has 6 nitrogen and oxygen atoms in total. The number of hydrogen-bond donors (Lipinski definition) is 2. The molecule has 1 aliphatic rings. The van der Waals surface area contributed by atoms with Crippen LogP contribution >= 0.6 is 0 Å². The number of carbonyl (C=O) groups is 2. The molecule has 0 unspecified atom stereocenters. The second-order valence-corrected chi connectivity index (χ2v) is 6.68. The van der Waals surface area contributed by atoms with Gasteiger partial charge >= 0.3 is 0 Å². The van der Waals surface area contributed by atoms with E-state index in [4.69, 9.17) is 0 Å². The van der Waals surface area contributed by atoms with Gasteiger partial charge < -0.3 is 10.6 Å². The fourth-order valence-electron chi connectivity index (χ4n) is 2.77. The Bertz CT molecular complexity index is 944. The first-order valence-electron chi connectivity index (χ1n) is 8.97. The third-order valence-corrected chi connectivity index (χ3v) is 4.36. The molecule has 0 radical (unpaired) electrons. The predicted octanol–water partition coefficient (Wildman–Crippen LogP) is 2.95. The second kappa shape index (κ2) is 7.45. The number of rotatable bonds is 6. The first kappa shape index (κ1) is 17.0. The van der Waals surface area contributed by atoms with Crippen molar-refractivity contribution in [3.63, 3.8) is 0 Å². The topological polar surface area (TPSA) is 76.0 Å². The summed E-state index contributed by atoms with van der Waals surface area (Å²) in [4.78, 5) is 24.3. The number of nitrogens with one attached hydrogen (secondary N) is 2. The van der Waals surface area contributed by atoms with Crippen molar-refractivity contribution in [1.82, 2.24) is 15.1 Å². The molecule has 0 spiro atoms. The van der Waals surface area contributed by atoms with E-state index >= 15 is 0 Å². The summed E-state index contributed by atoms with van der Waals surface area (Å²) < 4.78 is 1.75. The number of para-hydroxylation sites is 1. The smallest absolute Gasteiger partial charge is 0.251 e. The molecule has 2 amide bonds. The molecule has 1 saturated carbocycles. The van der Waals surface area contributed by atoms with E-state index in [9.17, 15) is 9.59 Å². The zero-order valence-electron chi connectivity index (χ0n) is 14.8. The Morgan fingerprint density at radius 2 is 1.78 bits per heavy atom. The van der Waals surface area contributed by atoms with Crippen LogP contribution in [0.5, 0.6) is 0 Å². The van der Waals surface area contributed by atoms with Gasteiger partial charge in [-0.05, 0) is 54.8 Å². The molecule has 1 aliphatic carbocycles. The first-order valence-corrected chi connectivity index (χ1v) is 8.97. The lowest BCUT2D eigenvalue weighted by atomic mass is 10.2. The van der Waals surface area contributed by atoms with Crippen molar-refractivity contribution < 1.29 is 9.59 Å². The van der Waals surface area contributed by atoms with E-state index in [-0.39, 0.29) is 18.2 Å². The molecule has 0 aliphatic heterocycles. The van der Waals surface area contributed by atoms with Crippen LogP contribution in [0, 0.1) is 0 Å². The summed E-state index contributed by atoms with van der Waals surface area (Å²) in [6, 6.07) is 17.0. The Kier molecular flexibility index (Phi) is 4.70. The maximum Gasteiger partial charge on any atom is 0.251 e. The van der Waals surface area contributed by atoms with Gasteiger partial charge in [-0.1, -0.05) is 18.2 Å². The monoisotopic (exact) mass is 360 g/mol. The fraction of sp³-hybridized carbons (Fsp3) is 0.190. The number of hydrogen-bond acceptors (Lipinski definition) is 3. The minimum atomic E-state index is -0.127. The molecule has 0 atom stereocenters. The van der Waals surface area contributed by atoms with Crippen molar-refractivity contribution in [2.45, 2.75) is 25.3 Å². The molecule has 136 valence electrons. The van der Waals surface area contributed by atoms with Crippen molar-refractivity contribution in [3.8, 4) is 5.69 Å². The number of amides is 2. The molecular formula is C21H20N4O2. The highest BCUT2D eigenvalue weighted by Crippen LogP contribution is 2.19. The normalized spacial score (nSPS) is 13.2. The van der Waals surface area contributed by atoms with E-state index in [2.05, 4.69) is 15.7 Å². The number of aromatic nitrogens is 2. The molecule has 3 aromatic rings. The highest BCUT2D eigenvalue weighted by atomic mass is 16.2. The van der Waals surface area contributed by atoms with Gasteiger partial charge in [-0.25, -0.2) is 4.68 Å². The summed E-state index contributed by atoms with van der Waals surface area (Å²) in [5.41, 5.74) is 3.04. The van der Waals surface area contributed by atoms with Crippen molar-refractivity contribution in [2.75, 3.05) is 5.32 Å². The lowest BCUT2D eigenvalue weighted by Crippen LogP contribution is -2.25. The molecule has 1 heterocycles. The Hall–Kier alpha value is -3.41. The highest BCUT2D eigenvalue weighted by molar-refractivity contribution is 5.96. The predicted molar refractivity (Wildman–Crippen MR) is 103 cm³/mol. The van der Waals surface area contributed by atoms with Crippen LogP contribution in [0.4, 0.5) is 5.69 Å². The average Bonchev–Trinajstić information content (AvgIpc) is 3.38. The third-order valence-electron chi connectivity index (χ3n) is 4.36. The van der Waals surface area contributed by atoms with Crippen LogP contribution in [-0.4, -0.2) is 27.6 Å². The Balaban J connectivity index is 1.34. The van der Waals surface area contributed by atoms with Crippen molar-refractivity contribution in [3.05, 3.63) is 78.1 Å². The van der Waals surface area contributed by atoms with E-state index in [0.29, 0.717) is 17.3 Å². The van der Waals surface area contributed by atoms with Crippen LogP contribution in [0.1, 0.15) is 28.8 Å². The van der Waals surface area contributed by atoms with Gasteiger partial charge in [0.2, 0.25) is 5.91 Å². The van der Waals surface area contributed by atoms with E-state index < -0.39 is 0 Å². The van der Waals surface area contributed by atoms with Crippen LogP contribution in [0.25, 0.3) is 5.69 Å². The number of anilines is 1. The van der Waals surface area contributed by atoms with Crippen LogP contribution < -0.4 is 10.6 Å². The number of benzene rings is 2. The number of carbonyl (C=O) groups excluding carboxylic acids is 2. The van der Waals surface area contributed by atoms with Gasteiger partial charge in [-0.2, -0.15) is 5.10 Å². The second-order valence-electron chi connectivity index (χ2n) is 6.68. The molecule has 6 heteroatoms. The molecule has 2 aromatic carbocycles. The van der Waals surface area contributed by atoms with Crippen LogP contribution in [0.2, 0.25) is 0 Å². The summed E-state index contributed by atoms with van der Waals surface area (Å²) in [6.45, 7) is 0. The molecule has 0 bridgehead atoms. The maximum absolute atomic E-state index is 12.3. The lowest BCUT2D eigenvalue weighted by Gasteiger charge is -2.06. The fourth-order valence-corrected chi connectivity index (χ4v) is 2.77. The van der Waals surface area contributed by atoms with E-state index in [1.54, 1.807) is 35.1 Å². The maximum atomic E-state index is 12.3. The summed E-state index contributed by atoms with van der Waals surface area (Å²) >= 11 is 0. The Morgan fingerprint density at radius 3 is 2.48 bits per heavy atom. The summed E-state index contributed by atoms with van der Waals surface area (Å²) in [5, 5.41) is 10.1. The zero-order valence-corrected chi connectivity index (χ0v) is 14.8. The minimum absolute atomic E-state index is 0.0660. The van der Waals surface area contributed by atoms with Gasteiger partial charge in [0, 0.05) is 23.5 Å². The van der Waals surface area contributed by atoms with Gasteiger partial charge in [-0.3, -0.25) is 9.59 Å². The molecular weight excluding hydrogens is 340 g/mol. The largest absolute Gasteiger partial charge is 0.349 e. The molecule has 2 N–H and O–H groups in total. The van der Waals surface area contributed by atoms with Gasteiger partial charge in [-0.15, -0.1) is 0 Å². The van der Waals surface area contributed by atoms with E-state index in [1.807, 2.05) is 36.5 Å². The van der Waals surface area contributed by atoms with E-state index in [1.165, 1.54) is 0 Å². The molecule has 1 fully saturated rings. The summed E-state index contributed by atoms with van der Waals surface area (Å²) in [5.74, 6) is -0.193. The SMILES string of the molecule is O=C(Cc1cnn(-c2ccccc2)c1)Nc1ccc(C(=O)NC2CC2)cc1. The first-order chi connectivity index (χ1) is 13.2. The van der Waals surface area contributed by atoms with Crippen LogP contribution in [0.15, 0.2) is 67.0 Å². The summed E-state index contributed by atoms with van der Waals surface area (Å²) in [6.07, 6.45) is 5.89. The van der Waals surface area contributed by atoms with Crippen molar-refractivity contribution in [1.29, 1.82) is 0 Å². The van der Waals surface area contributed by atoms with Crippen LogP contribution in [0.3, 0.4) is 0 Å². The minimum Gasteiger partial charge on any atom is -0.349 e. The van der Waals surface area contributed by atoms with E-state index in [0.717, 1.165) is 24.1 Å². The molecule has 27 heavy (non-hydrogen) atoms.